The van der Waals surface area contributed by atoms with Gasteiger partial charge in [0.25, 0.3) is 5.91 Å². The Balaban J connectivity index is 2.21. The van der Waals surface area contributed by atoms with Gasteiger partial charge < -0.3 is 4.57 Å². The molecule has 0 saturated heterocycles. The molecule has 0 aromatic carbocycles. The largest absolute Gasteiger partial charge is 0.345 e. The van der Waals surface area contributed by atoms with E-state index in [1.165, 1.54) is 11.0 Å². The number of carbonyl (C=O) groups excluding carboxylic acids is 1. The first-order valence-corrected chi connectivity index (χ1v) is 5.34. The number of aromatic nitrogens is 4. The van der Waals surface area contributed by atoms with E-state index in [2.05, 4.69) is 31.3 Å². The molecule has 2 rings (SSSR count). The van der Waals surface area contributed by atoms with Crippen LogP contribution in [-0.4, -0.2) is 25.2 Å². The van der Waals surface area contributed by atoms with E-state index in [-0.39, 0.29) is 5.91 Å². The third-order valence-electron chi connectivity index (χ3n) is 2.14. The van der Waals surface area contributed by atoms with Crippen LogP contribution in [0.1, 0.15) is 10.5 Å². The Bertz CT molecular complexity index is 530. The van der Waals surface area contributed by atoms with Gasteiger partial charge in [0.15, 0.2) is 0 Å². The number of rotatable bonds is 2. The van der Waals surface area contributed by atoms with Crippen LogP contribution in [0.2, 0.25) is 0 Å². The molecule has 1 amide bonds. The molecule has 0 bridgehead atoms. The van der Waals surface area contributed by atoms with E-state index in [0.717, 1.165) is 4.47 Å². The predicted molar refractivity (Wildman–Crippen MR) is 62.1 cm³/mol. The summed E-state index contributed by atoms with van der Waals surface area (Å²) in [5, 5.41) is 6.54. The summed E-state index contributed by atoms with van der Waals surface area (Å²) in [4.78, 5) is 15.8. The molecule has 2 heterocycles. The molecular formula is C9H10BrN5O. The van der Waals surface area contributed by atoms with Crippen LogP contribution in [0, 0.1) is 0 Å². The maximum absolute atomic E-state index is 11.9. The van der Waals surface area contributed by atoms with Gasteiger partial charge in [0.2, 0.25) is 5.95 Å². The Hall–Kier alpha value is -1.63. The second kappa shape index (κ2) is 4.09. The fourth-order valence-electron chi connectivity index (χ4n) is 1.32. The first-order chi connectivity index (χ1) is 7.58. The van der Waals surface area contributed by atoms with Gasteiger partial charge in [-0.1, -0.05) is 0 Å². The summed E-state index contributed by atoms with van der Waals surface area (Å²) in [6, 6.07) is 1.74. The fraction of sp³-hybridized carbons (Fsp3) is 0.222. The monoisotopic (exact) mass is 283 g/mol. The molecule has 0 aliphatic rings. The van der Waals surface area contributed by atoms with Crippen molar-refractivity contribution in [3.05, 3.63) is 28.8 Å². The molecule has 84 valence electrons. The van der Waals surface area contributed by atoms with Crippen molar-refractivity contribution in [2.75, 3.05) is 5.32 Å². The minimum atomic E-state index is -0.218. The summed E-state index contributed by atoms with van der Waals surface area (Å²) in [6.07, 6.45) is 3.20. The summed E-state index contributed by atoms with van der Waals surface area (Å²) in [7, 11) is 3.51. The number of aryl methyl sites for hydroxylation is 2. The van der Waals surface area contributed by atoms with Crippen LogP contribution in [-0.2, 0) is 14.1 Å². The summed E-state index contributed by atoms with van der Waals surface area (Å²) in [6.45, 7) is 0. The second-order valence-electron chi connectivity index (χ2n) is 3.32. The van der Waals surface area contributed by atoms with Crippen molar-refractivity contribution in [2.45, 2.75) is 0 Å². The van der Waals surface area contributed by atoms with Crippen LogP contribution < -0.4 is 5.32 Å². The number of hydrogen-bond acceptors (Lipinski definition) is 3. The van der Waals surface area contributed by atoms with E-state index >= 15 is 0 Å². The lowest BCUT2D eigenvalue weighted by Gasteiger charge is -2.04. The predicted octanol–water partition coefficient (Wildman–Crippen LogP) is 1.17. The van der Waals surface area contributed by atoms with E-state index in [4.69, 9.17) is 0 Å². The molecule has 16 heavy (non-hydrogen) atoms. The van der Waals surface area contributed by atoms with Crippen molar-refractivity contribution in [1.29, 1.82) is 0 Å². The van der Waals surface area contributed by atoms with Crippen LogP contribution in [0.25, 0.3) is 0 Å². The number of nitrogens with zero attached hydrogens (tertiary/aromatic N) is 4. The number of carbonyl (C=O) groups is 1. The van der Waals surface area contributed by atoms with Gasteiger partial charge in [-0.25, -0.2) is 4.68 Å². The minimum absolute atomic E-state index is 0.218. The maximum Gasteiger partial charge on any atom is 0.274 e. The Morgan fingerprint density at radius 2 is 2.25 bits per heavy atom. The molecular weight excluding hydrogens is 274 g/mol. The smallest absolute Gasteiger partial charge is 0.274 e. The van der Waals surface area contributed by atoms with E-state index in [9.17, 15) is 4.79 Å². The zero-order valence-electron chi connectivity index (χ0n) is 8.81. The molecule has 0 aliphatic heterocycles. The van der Waals surface area contributed by atoms with E-state index in [1.54, 1.807) is 24.7 Å². The van der Waals surface area contributed by atoms with Crippen LogP contribution >= 0.6 is 15.9 Å². The topological polar surface area (TPSA) is 64.7 Å². The van der Waals surface area contributed by atoms with Crippen molar-refractivity contribution in [3.8, 4) is 0 Å². The molecule has 0 saturated carbocycles. The van der Waals surface area contributed by atoms with Gasteiger partial charge in [-0.15, -0.1) is 0 Å². The lowest BCUT2D eigenvalue weighted by atomic mass is 10.4. The first kappa shape index (κ1) is 10.9. The molecule has 0 aliphatic carbocycles. The highest BCUT2D eigenvalue weighted by molar-refractivity contribution is 9.10. The van der Waals surface area contributed by atoms with Gasteiger partial charge in [0.05, 0.1) is 0 Å². The molecule has 0 spiro atoms. The summed E-state index contributed by atoms with van der Waals surface area (Å²) < 4.78 is 4.09. The van der Waals surface area contributed by atoms with Gasteiger partial charge in [-0.3, -0.25) is 10.1 Å². The quantitative estimate of drug-likeness (QED) is 0.900. The van der Waals surface area contributed by atoms with Crippen molar-refractivity contribution in [3.63, 3.8) is 0 Å². The lowest BCUT2D eigenvalue weighted by molar-refractivity contribution is 0.101. The van der Waals surface area contributed by atoms with Crippen molar-refractivity contribution < 1.29 is 4.79 Å². The van der Waals surface area contributed by atoms with Crippen LogP contribution in [0.3, 0.4) is 0 Å². The molecule has 2 aromatic heterocycles. The third kappa shape index (κ3) is 1.99. The average molecular weight is 284 g/mol. The Morgan fingerprint density at radius 1 is 1.50 bits per heavy atom. The number of halogens is 1. The normalized spacial score (nSPS) is 10.4. The van der Waals surface area contributed by atoms with Crippen LogP contribution in [0.15, 0.2) is 23.1 Å². The van der Waals surface area contributed by atoms with E-state index in [1.807, 2.05) is 6.20 Å². The molecule has 1 N–H and O–H groups in total. The Kier molecular flexibility index (Phi) is 2.78. The van der Waals surface area contributed by atoms with Gasteiger partial charge in [0.1, 0.15) is 12.0 Å². The maximum atomic E-state index is 11.9. The molecule has 7 heteroatoms. The zero-order chi connectivity index (χ0) is 11.7. The van der Waals surface area contributed by atoms with Gasteiger partial charge in [-0.2, -0.15) is 10.1 Å². The Labute approximate surface area is 100 Å². The molecule has 0 fully saturated rings. The van der Waals surface area contributed by atoms with Gasteiger partial charge in [-0.05, 0) is 22.0 Å². The van der Waals surface area contributed by atoms with Crippen LogP contribution in [0.5, 0.6) is 0 Å². The first-order valence-electron chi connectivity index (χ1n) is 4.55. The second-order valence-corrected chi connectivity index (χ2v) is 4.23. The van der Waals surface area contributed by atoms with E-state index < -0.39 is 0 Å². The van der Waals surface area contributed by atoms with Crippen molar-refractivity contribution in [1.82, 2.24) is 19.3 Å². The standard InChI is InChI=1S/C9H10BrN5O/c1-14-4-6(10)3-7(14)8(16)13-9-11-5-12-15(9)2/h3-5H,1-2H3,(H,11,12,13,16). The molecule has 0 unspecified atom stereocenters. The summed E-state index contributed by atoms with van der Waals surface area (Å²) in [5.41, 5.74) is 0.551. The fourth-order valence-corrected chi connectivity index (χ4v) is 1.85. The van der Waals surface area contributed by atoms with E-state index in [0.29, 0.717) is 11.6 Å². The highest BCUT2D eigenvalue weighted by atomic mass is 79.9. The molecule has 0 atom stereocenters. The lowest BCUT2D eigenvalue weighted by Crippen LogP contribution is -2.17. The minimum Gasteiger partial charge on any atom is -0.345 e. The highest BCUT2D eigenvalue weighted by Crippen LogP contribution is 2.14. The average Bonchev–Trinajstić information content (AvgIpc) is 2.74. The number of anilines is 1. The molecule has 2 aromatic rings. The van der Waals surface area contributed by atoms with Gasteiger partial charge in [0, 0.05) is 24.8 Å². The molecule has 0 radical (unpaired) electrons. The van der Waals surface area contributed by atoms with Crippen LogP contribution in [0.4, 0.5) is 5.95 Å². The third-order valence-corrected chi connectivity index (χ3v) is 2.57. The zero-order valence-corrected chi connectivity index (χ0v) is 10.4. The van der Waals surface area contributed by atoms with Crippen molar-refractivity contribution >= 4 is 27.8 Å². The van der Waals surface area contributed by atoms with Crippen molar-refractivity contribution in [2.24, 2.45) is 14.1 Å². The summed E-state index contributed by atoms with van der Waals surface area (Å²) >= 11 is 3.31. The summed E-state index contributed by atoms with van der Waals surface area (Å²) in [5.74, 6) is 0.201. The number of nitrogens with one attached hydrogen (secondary N) is 1. The Morgan fingerprint density at radius 3 is 2.75 bits per heavy atom. The highest BCUT2D eigenvalue weighted by Gasteiger charge is 2.13. The number of amides is 1. The van der Waals surface area contributed by atoms with Gasteiger partial charge >= 0.3 is 0 Å². The molecule has 6 nitrogen and oxygen atoms in total. The SMILES string of the molecule is Cn1cc(Br)cc1C(=O)Nc1ncnn1C. The number of hydrogen-bond donors (Lipinski definition) is 1.